The molecule has 0 aliphatic heterocycles. The highest BCUT2D eigenvalue weighted by molar-refractivity contribution is 9.10. The van der Waals surface area contributed by atoms with Crippen LogP contribution in [0, 0.1) is 0 Å². The van der Waals surface area contributed by atoms with Gasteiger partial charge in [0.1, 0.15) is 5.82 Å². The molecule has 1 heterocycles. The molecule has 0 unspecified atom stereocenters. The molecule has 1 aromatic heterocycles. The number of hydrogen-bond acceptors (Lipinski definition) is 4. The van der Waals surface area contributed by atoms with Gasteiger partial charge in [-0.2, -0.15) is 0 Å². The number of amides is 2. The van der Waals surface area contributed by atoms with E-state index in [1.54, 1.807) is 42.6 Å². The highest BCUT2D eigenvalue weighted by Crippen LogP contribution is 2.15. The Morgan fingerprint density at radius 3 is 2.55 bits per heavy atom. The average molecular weight is 482 g/mol. The van der Waals surface area contributed by atoms with Crippen molar-refractivity contribution in [2.24, 2.45) is 0 Å². The first kappa shape index (κ1) is 22.7. The minimum absolute atomic E-state index is 0.112. The molecule has 7 heteroatoms. The van der Waals surface area contributed by atoms with Gasteiger partial charge in [-0.25, -0.2) is 4.98 Å². The van der Waals surface area contributed by atoms with Crippen LogP contribution in [0.4, 0.5) is 11.5 Å². The third kappa shape index (κ3) is 7.96. The number of pyridine rings is 1. The molecule has 2 amide bonds. The van der Waals surface area contributed by atoms with Crippen LogP contribution in [-0.2, 0) is 16.0 Å². The predicted molar refractivity (Wildman–Crippen MR) is 125 cm³/mol. The van der Waals surface area contributed by atoms with Crippen LogP contribution in [0.15, 0.2) is 77.4 Å². The number of nitrogens with one attached hydrogen (secondary N) is 2. The minimum Gasteiger partial charge on any atom is -0.381 e. The van der Waals surface area contributed by atoms with Crippen molar-refractivity contribution in [1.82, 2.24) is 4.98 Å². The number of aromatic nitrogens is 1. The maximum Gasteiger partial charge on any atom is 0.256 e. The Bertz CT molecular complexity index is 994. The Balaban J connectivity index is 1.38. The van der Waals surface area contributed by atoms with Crippen molar-refractivity contribution < 1.29 is 14.3 Å². The van der Waals surface area contributed by atoms with Gasteiger partial charge < -0.3 is 15.4 Å². The molecule has 0 fully saturated rings. The van der Waals surface area contributed by atoms with Gasteiger partial charge in [0.2, 0.25) is 5.91 Å². The van der Waals surface area contributed by atoms with Crippen molar-refractivity contribution in [3.8, 4) is 0 Å². The molecule has 2 N–H and O–H groups in total. The van der Waals surface area contributed by atoms with Crippen LogP contribution in [-0.4, -0.2) is 30.0 Å². The van der Waals surface area contributed by atoms with Gasteiger partial charge >= 0.3 is 0 Å². The van der Waals surface area contributed by atoms with Gasteiger partial charge in [-0.15, -0.1) is 0 Å². The molecule has 3 aromatic rings. The molecule has 0 spiro atoms. The van der Waals surface area contributed by atoms with Gasteiger partial charge in [0.05, 0.1) is 6.61 Å². The first-order valence-electron chi connectivity index (χ1n) is 10.0. The fourth-order valence-electron chi connectivity index (χ4n) is 2.87. The summed E-state index contributed by atoms with van der Waals surface area (Å²) in [5.74, 6) is 0.0476. The minimum atomic E-state index is -0.294. The SMILES string of the molecule is O=C(CCCOCCc1ccccc1)Nc1cccc(C(=O)Nc2ccc(Br)cn2)c1. The number of halogens is 1. The van der Waals surface area contributed by atoms with Crippen molar-refractivity contribution in [2.75, 3.05) is 23.8 Å². The Labute approximate surface area is 190 Å². The summed E-state index contributed by atoms with van der Waals surface area (Å²) >= 11 is 3.31. The molecule has 3 rings (SSSR count). The first-order valence-corrected chi connectivity index (χ1v) is 10.8. The van der Waals surface area contributed by atoms with Gasteiger partial charge in [0, 0.05) is 34.9 Å². The van der Waals surface area contributed by atoms with E-state index in [0.29, 0.717) is 43.1 Å². The van der Waals surface area contributed by atoms with Gasteiger partial charge in [0.25, 0.3) is 5.91 Å². The van der Waals surface area contributed by atoms with Crippen molar-refractivity contribution in [2.45, 2.75) is 19.3 Å². The zero-order valence-electron chi connectivity index (χ0n) is 17.0. The third-order valence-electron chi connectivity index (χ3n) is 4.45. The third-order valence-corrected chi connectivity index (χ3v) is 4.92. The summed E-state index contributed by atoms with van der Waals surface area (Å²) in [4.78, 5) is 28.7. The average Bonchev–Trinajstić information content (AvgIpc) is 2.78. The van der Waals surface area contributed by atoms with E-state index in [2.05, 4.69) is 43.7 Å². The fourth-order valence-corrected chi connectivity index (χ4v) is 3.11. The standard InChI is InChI=1S/C24H24BrN3O3/c25-20-11-12-22(26-17-20)28-24(30)19-8-4-9-21(16-19)27-23(29)10-5-14-31-15-13-18-6-2-1-3-7-18/h1-4,6-9,11-12,16-17H,5,10,13-15H2,(H,27,29)(H,26,28,30). The molecule has 0 aliphatic carbocycles. The van der Waals surface area contributed by atoms with Gasteiger partial charge in [0.15, 0.2) is 0 Å². The molecule has 0 aliphatic rings. The lowest BCUT2D eigenvalue weighted by Gasteiger charge is -2.09. The van der Waals surface area contributed by atoms with Crippen LogP contribution >= 0.6 is 15.9 Å². The molecule has 31 heavy (non-hydrogen) atoms. The second kappa shape index (κ2) is 12.0. The second-order valence-corrected chi connectivity index (χ2v) is 7.81. The molecule has 0 radical (unpaired) electrons. The highest BCUT2D eigenvalue weighted by atomic mass is 79.9. The Morgan fingerprint density at radius 1 is 0.935 bits per heavy atom. The van der Waals surface area contributed by atoms with Gasteiger partial charge in [-0.1, -0.05) is 36.4 Å². The number of nitrogens with zero attached hydrogens (tertiary/aromatic N) is 1. The number of ether oxygens (including phenoxy) is 1. The normalized spacial score (nSPS) is 10.5. The molecule has 160 valence electrons. The second-order valence-electron chi connectivity index (χ2n) is 6.90. The molecule has 6 nitrogen and oxygen atoms in total. The van der Waals surface area contributed by atoms with Crippen molar-refractivity contribution in [3.05, 3.63) is 88.5 Å². The van der Waals surface area contributed by atoms with Gasteiger partial charge in [-0.3, -0.25) is 9.59 Å². The topological polar surface area (TPSA) is 80.3 Å². The van der Waals surface area contributed by atoms with E-state index in [9.17, 15) is 9.59 Å². The largest absolute Gasteiger partial charge is 0.381 e. The van der Waals surface area contributed by atoms with E-state index < -0.39 is 0 Å². The maximum absolute atomic E-state index is 12.4. The van der Waals surface area contributed by atoms with Crippen LogP contribution in [0.3, 0.4) is 0 Å². The van der Waals surface area contributed by atoms with E-state index >= 15 is 0 Å². The monoisotopic (exact) mass is 481 g/mol. The van der Waals surface area contributed by atoms with E-state index in [-0.39, 0.29) is 11.8 Å². The lowest BCUT2D eigenvalue weighted by atomic mass is 10.2. The molecule has 0 bridgehead atoms. The molecule has 0 saturated carbocycles. The van der Waals surface area contributed by atoms with Crippen LogP contribution in [0.25, 0.3) is 0 Å². The lowest BCUT2D eigenvalue weighted by Crippen LogP contribution is -2.15. The van der Waals surface area contributed by atoms with E-state index in [0.717, 1.165) is 10.9 Å². The van der Waals surface area contributed by atoms with Crippen LogP contribution in [0.1, 0.15) is 28.8 Å². The molecular weight excluding hydrogens is 458 g/mol. The van der Waals surface area contributed by atoms with Crippen LogP contribution < -0.4 is 10.6 Å². The fraction of sp³-hybridized carbons (Fsp3) is 0.208. The summed E-state index contributed by atoms with van der Waals surface area (Å²) in [7, 11) is 0. The summed E-state index contributed by atoms with van der Waals surface area (Å²) in [6.45, 7) is 1.17. The molecule has 2 aromatic carbocycles. The number of benzene rings is 2. The Hall–Kier alpha value is -3.03. The molecule has 0 atom stereocenters. The van der Waals surface area contributed by atoms with E-state index in [1.165, 1.54) is 5.56 Å². The predicted octanol–water partition coefficient (Wildman–Crippen LogP) is 5.07. The van der Waals surface area contributed by atoms with Crippen molar-refractivity contribution in [3.63, 3.8) is 0 Å². The number of hydrogen-bond donors (Lipinski definition) is 2. The Morgan fingerprint density at radius 2 is 1.77 bits per heavy atom. The van der Waals surface area contributed by atoms with Crippen molar-refractivity contribution >= 4 is 39.2 Å². The maximum atomic E-state index is 12.4. The highest BCUT2D eigenvalue weighted by Gasteiger charge is 2.09. The van der Waals surface area contributed by atoms with Crippen molar-refractivity contribution in [1.29, 1.82) is 0 Å². The summed E-state index contributed by atoms with van der Waals surface area (Å²) in [6.07, 6.45) is 3.45. The Kier molecular flexibility index (Phi) is 8.75. The molecular formula is C24H24BrN3O3. The zero-order valence-corrected chi connectivity index (χ0v) is 18.6. The quantitative estimate of drug-likeness (QED) is 0.396. The lowest BCUT2D eigenvalue weighted by molar-refractivity contribution is -0.116. The molecule has 0 saturated heterocycles. The summed E-state index contributed by atoms with van der Waals surface area (Å²) < 4.78 is 6.44. The number of carbonyl (C=O) groups is 2. The smallest absolute Gasteiger partial charge is 0.256 e. The number of rotatable bonds is 10. The van der Waals surface area contributed by atoms with Gasteiger partial charge in [-0.05, 0) is 64.7 Å². The van der Waals surface area contributed by atoms with E-state index in [4.69, 9.17) is 4.74 Å². The summed E-state index contributed by atoms with van der Waals surface area (Å²) in [5.41, 5.74) is 2.25. The number of anilines is 2. The first-order chi connectivity index (χ1) is 15.1. The summed E-state index contributed by atoms with van der Waals surface area (Å²) in [6, 6.07) is 20.5. The zero-order chi connectivity index (χ0) is 21.9. The van der Waals surface area contributed by atoms with E-state index in [1.807, 2.05) is 18.2 Å². The number of carbonyl (C=O) groups excluding carboxylic acids is 2. The van der Waals surface area contributed by atoms with Crippen LogP contribution in [0.2, 0.25) is 0 Å². The summed E-state index contributed by atoms with van der Waals surface area (Å²) in [5, 5.41) is 5.56. The van der Waals surface area contributed by atoms with Crippen LogP contribution in [0.5, 0.6) is 0 Å².